The monoisotopic (exact) mass is 217 g/mol. The van der Waals surface area contributed by atoms with Crippen LogP contribution in [0.15, 0.2) is 48.5 Å². The van der Waals surface area contributed by atoms with Crippen LogP contribution in [0.4, 0.5) is 8.78 Å². The SMILES string of the molecule is Fc1ccccc1[CH]Cc1ccccc1F. The van der Waals surface area contributed by atoms with Gasteiger partial charge in [0, 0.05) is 0 Å². The molecular weight excluding hydrogens is 206 g/mol. The first kappa shape index (κ1) is 10.8. The van der Waals surface area contributed by atoms with Crippen molar-refractivity contribution in [2.45, 2.75) is 6.42 Å². The number of rotatable bonds is 3. The molecule has 2 aromatic carbocycles. The van der Waals surface area contributed by atoms with E-state index in [9.17, 15) is 8.78 Å². The van der Waals surface area contributed by atoms with Crippen molar-refractivity contribution in [2.24, 2.45) is 0 Å². The van der Waals surface area contributed by atoms with Crippen molar-refractivity contribution in [3.8, 4) is 0 Å². The molecule has 0 nitrogen and oxygen atoms in total. The molecule has 0 N–H and O–H groups in total. The van der Waals surface area contributed by atoms with Gasteiger partial charge in [-0.25, -0.2) is 8.78 Å². The van der Waals surface area contributed by atoms with Gasteiger partial charge in [0.05, 0.1) is 0 Å². The van der Waals surface area contributed by atoms with Crippen molar-refractivity contribution >= 4 is 0 Å². The predicted octanol–water partition coefficient (Wildman–Crippen LogP) is 3.76. The Bertz CT molecular complexity index is 432. The highest BCUT2D eigenvalue weighted by Gasteiger charge is 2.04. The van der Waals surface area contributed by atoms with Crippen LogP contribution in [0.25, 0.3) is 0 Å². The molecule has 0 amide bonds. The fraction of sp³-hybridized carbons (Fsp3) is 0.0714. The Balaban J connectivity index is 2.09. The van der Waals surface area contributed by atoms with E-state index in [0.717, 1.165) is 0 Å². The lowest BCUT2D eigenvalue weighted by Crippen LogP contribution is -1.94. The zero-order chi connectivity index (χ0) is 11.4. The summed E-state index contributed by atoms with van der Waals surface area (Å²) in [4.78, 5) is 0. The normalized spacial score (nSPS) is 10.4. The van der Waals surface area contributed by atoms with E-state index in [-0.39, 0.29) is 11.6 Å². The van der Waals surface area contributed by atoms with E-state index < -0.39 is 0 Å². The maximum atomic E-state index is 13.3. The van der Waals surface area contributed by atoms with Crippen LogP contribution in [-0.2, 0) is 6.42 Å². The largest absolute Gasteiger partial charge is 0.207 e. The second-order valence-electron chi connectivity index (χ2n) is 3.52. The molecule has 0 aliphatic heterocycles. The second kappa shape index (κ2) is 4.88. The summed E-state index contributed by atoms with van der Waals surface area (Å²) in [6, 6.07) is 13.0. The molecule has 1 radical (unpaired) electrons. The van der Waals surface area contributed by atoms with E-state index in [4.69, 9.17) is 0 Å². The van der Waals surface area contributed by atoms with Crippen LogP contribution in [0.3, 0.4) is 0 Å². The van der Waals surface area contributed by atoms with Crippen molar-refractivity contribution in [1.29, 1.82) is 0 Å². The maximum absolute atomic E-state index is 13.3. The molecule has 0 bridgehead atoms. The van der Waals surface area contributed by atoms with Gasteiger partial charge in [-0.05, 0) is 36.1 Å². The van der Waals surface area contributed by atoms with E-state index >= 15 is 0 Å². The van der Waals surface area contributed by atoms with Crippen molar-refractivity contribution in [3.05, 3.63) is 77.7 Å². The van der Waals surface area contributed by atoms with Gasteiger partial charge in [0.1, 0.15) is 11.6 Å². The summed E-state index contributed by atoms with van der Waals surface area (Å²) in [6.45, 7) is 0. The van der Waals surface area contributed by atoms with Crippen molar-refractivity contribution in [3.63, 3.8) is 0 Å². The van der Waals surface area contributed by atoms with E-state index in [1.165, 1.54) is 12.1 Å². The summed E-state index contributed by atoms with van der Waals surface area (Å²) >= 11 is 0. The molecule has 16 heavy (non-hydrogen) atoms. The first-order valence-corrected chi connectivity index (χ1v) is 5.08. The topological polar surface area (TPSA) is 0 Å². The third-order valence-corrected chi connectivity index (χ3v) is 2.40. The molecule has 0 aliphatic rings. The van der Waals surface area contributed by atoms with Gasteiger partial charge in [0.25, 0.3) is 0 Å². The Labute approximate surface area is 93.5 Å². The highest BCUT2D eigenvalue weighted by atomic mass is 19.1. The van der Waals surface area contributed by atoms with Crippen molar-refractivity contribution < 1.29 is 8.78 Å². The Morgan fingerprint density at radius 3 is 2.12 bits per heavy atom. The summed E-state index contributed by atoms with van der Waals surface area (Å²) in [6.07, 6.45) is 2.08. The van der Waals surface area contributed by atoms with Crippen LogP contribution in [0.1, 0.15) is 11.1 Å². The molecule has 0 atom stereocenters. The molecule has 0 spiro atoms. The Morgan fingerprint density at radius 1 is 0.812 bits per heavy atom. The zero-order valence-electron chi connectivity index (χ0n) is 8.66. The minimum atomic E-state index is -0.279. The third-order valence-electron chi connectivity index (χ3n) is 2.40. The second-order valence-corrected chi connectivity index (χ2v) is 3.52. The summed E-state index contributed by atoms with van der Waals surface area (Å²) in [5, 5.41) is 0. The lowest BCUT2D eigenvalue weighted by Gasteiger charge is -2.03. The minimum Gasteiger partial charge on any atom is -0.207 e. The van der Waals surface area contributed by atoms with Crippen LogP contribution in [-0.4, -0.2) is 0 Å². The van der Waals surface area contributed by atoms with Crippen molar-refractivity contribution in [1.82, 2.24) is 0 Å². The summed E-state index contributed by atoms with van der Waals surface area (Å²) in [5.41, 5.74) is 1.08. The maximum Gasteiger partial charge on any atom is 0.126 e. The van der Waals surface area contributed by atoms with Gasteiger partial charge < -0.3 is 0 Å². The first-order valence-electron chi connectivity index (χ1n) is 5.08. The smallest absolute Gasteiger partial charge is 0.126 e. The molecule has 0 aliphatic carbocycles. The highest BCUT2D eigenvalue weighted by Crippen LogP contribution is 2.14. The van der Waals surface area contributed by atoms with Gasteiger partial charge in [-0.15, -0.1) is 0 Å². The molecule has 0 saturated carbocycles. The summed E-state index contributed by atoms with van der Waals surface area (Å²) in [5.74, 6) is -0.533. The fourth-order valence-electron chi connectivity index (χ4n) is 1.52. The lowest BCUT2D eigenvalue weighted by molar-refractivity contribution is 0.608. The van der Waals surface area contributed by atoms with Gasteiger partial charge in [-0.2, -0.15) is 0 Å². The van der Waals surface area contributed by atoms with Gasteiger partial charge >= 0.3 is 0 Å². The molecule has 0 heterocycles. The molecule has 0 saturated heterocycles. The standard InChI is InChI=1S/C14H11F2/c15-13-7-3-1-5-11(13)9-10-12-6-2-4-8-14(12)16/h1-9H,10H2. The van der Waals surface area contributed by atoms with Gasteiger partial charge in [-0.3, -0.25) is 0 Å². The van der Waals surface area contributed by atoms with Crippen LogP contribution in [0, 0.1) is 18.1 Å². The number of hydrogen-bond donors (Lipinski definition) is 0. The molecule has 0 fully saturated rings. The predicted molar refractivity (Wildman–Crippen MR) is 59.9 cm³/mol. The highest BCUT2D eigenvalue weighted by molar-refractivity contribution is 5.28. The molecule has 0 aromatic heterocycles. The molecular formula is C14H11F2. The van der Waals surface area contributed by atoms with Crippen molar-refractivity contribution in [2.75, 3.05) is 0 Å². The van der Waals surface area contributed by atoms with Gasteiger partial charge in [0.15, 0.2) is 0 Å². The number of benzene rings is 2. The van der Waals surface area contributed by atoms with Crippen LogP contribution in [0.2, 0.25) is 0 Å². The third kappa shape index (κ3) is 2.45. The average Bonchev–Trinajstić information content (AvgIpc) is 2.30. The van der Waals surface area contributed by atoms with E-state index in [2.05, 4.69) is 0 Å². The van der Waals surface area contributed by atoms with Gasteiger partial charge in [-0.1, -0.05) is 36.4 Å². The molecule has 0 unspecified atom stereocenters. The zero-order valence-corrected chi connectivity index (χ0v) is 8.66. The van der Waals surface area contributed by atoms with E-state index in [1.807, 2.05) is 0 Å². The van der Waals surface area contributed by atoms with E-state index in [1.54, 1.807) is 42.8 Å². The minimum absolute atomic E-state index is 0.255. The fourth-order valence-corrected chi connectivity index (χ4v) is 1.52. The van der Waals surface area contributed by atoms with E-state index in [0.29, 0.717) is 17.5 Å². The van der Waals surface area contributed by atoms with Gasteiger partial charge in [0.2, 0.25) is 0 Å². The Hall–Kier alpha value is -1.70. The van der Waals surface area contributed by atoms with Crippen LogP contribution in [0.5, 0.6) is 0 Å². The van der Waals surface area contributed by atoms with Crippen LogP contribution >= 0.6 is 0 Å². The average molecular weight is 217 g/mol. The lowest BCUT2D eigenvalue weighted by atomic mass is 10.0. The number of halogens is 2. The Kier molecular flexibility index (Phi) is 3.30. The summed E-state index contributed by atoms with van der Waals surface area (Å²) < 4.78 is 26.5. The summed E-state index contributed by atoms with van der Waals surface area (Å²) in [7, 11) is 0. The quantitative estimate of drug-likeness (QED) is 0.734. The molecule has 2 aromatic rings. The van der Waals surface area contributed by atoms with Crippen LogP contribution < -0.4 is 0 Å². The molecule has 2 rings (SSSR count). The Morgan fingerprint density at radius 2 is 1.44 bits per heavy atom. The molecule has 2 heteroatoms. The number of hydrogen-bond acceptors (Lipinski definition) is 0. The molecule has 81 valence electrons. The first-order chi connectivity index (χ1) is 7.77.